The van der Waals surface area contributed by atoms with Crippen LogP contribution in [-0.4, -0.2) is 23.5 Å². The number of nitrogens with zero attached hydrogens (tertiary/aromatic N) is 2. The summed E-state index contributed by atoms with van der Waals surface area (Å²) in [6, 6.07) is 34.9. The Kier molecular flexibility index (Phi) is 9.50. The monoisotopic (exact) mass is 546 g/mol. The Balaban J connectivity index is 1.71. The van der Waals surface area contributed by atoms with Gasteiger partial charge in [0.05, 0.1) is 18.5 Å². The first-order valence-electron chi connectivity index (χ1n) is 15.2. The molecule has 40 heavy (non-hydrogen) atoms. The van der Waals surface area contributed by atoms with Crippen LogP contribution in [0, 0.1) is 0 Å². The number of imidazole rings is 1. The minimum Gasteiger partial charge on any atom is -0.435 e. The highest BCUT2D eigenvalue weighted by Crippen LogP contribution is 2.61. The van der Waals surface area contributed by atoms with Crippen LogP contribution in [0.4, 0.5) is 0 Å². The molecule has 0 aliphatic heterocycles. The standard InChI is InChI=1S/C37H43N2P/c1-4-7-26-40(27-8-5-2,28-9-6-3)34-23-17-16-22-32(34)37-38-33-25-24-31(29-18-12-10-13-19-29)35(36(33)39-37)30-20-14-11-15-21-30/h10-25H,4-9,26-28H2,1-3H3. The minimum absolute atomic E-state index is 0.891. The van der Waals surface area contributed by atoms with E-state index in [1.54, 1.807) is 5.30 Å². The van der Waals surface area contributed by atoms with Crippen molar-refractivity contribution in [1.29, 1.82) is 0 Å². The first kappa shape index (κ1) is 28.3. The second-order valence-corrected chi connectivity index (χ2v) is 15.1. The van der Waals surface area contributed by atoms with E-state index in [0.717, 1.165) is 16.9 Å². The molecular weight excluding hydrogens is 503 g/mol. The maximum absolute atomic E-state index is 5.37. The van der Waals surface area contributed by atoms with Crippen LogP contribution in [0.5, 0.6) is 0 Å². The summed E-state index contributed by atoms with van der Waals surface area (Å²) in [4.78, 5) is 10.6. The SMILES string of the molecule is CCCC[P+](CCCC)(CCCC)c1ccccc1-c1nc2ccc(-c3ccccc3)c(-c3ccccc3)c2[n-]1. The van der Waals surface area contributed by atoms with Gasteiger partial charge in [0, 0.05) is 12.8 Å². The van der Waals surface area contributed by atoms with Gasteiger partial charge in [-0.25, -0.2) is 0 Å². The van der Waals surface area contributed by atoms with Crippen LogP contribution < -0.4 is 10.3 Å². The fourth-order valence-electron chi connectivity index (χ4n) is 6.06. The summed E-state index contributed by atoms with van der Waals surface area (Å²) in [5.74, 6) is 0.891. The summed E-state index contributed by atoms with van der Waals surface area (Å²) >= 11 is 0. The van der Waals surface area contributed by atoms with E-state index in [-0.39, 0.29) is 0 Å². The molecule has 0 spiro atoms. The van der Waals surface area contributed by atoms with Gasteiger partial charge in [-0.1, -0.05) is 131 Å². The van der Waals surface area contributed by atoms with Gasteiger partial charge < -0.3 is 9.97 Å². The molecule has 0 N–H and O–H groups in total. The van der Waals surface area contributed by atoms with Crippen molar-refractivity contribution in [2.24, 2.45) is 0 Å². The van der Waals surface area contributed by atoms with Gasteiger partial charge in [0.25, 0.3) is 0 Å². The zero-order valence-corrected chi connectivity index (χ0v) is 25.3. The van der Waals surface area contributed by atoms with Crippen molar-refractivity contribution < 1.29 is 0 Å². The molecule has 2 nitrogen and oxygen atoms in total. The molecule has 0 saturated carbocycles. The van der Waals surface area contributed by atoms with E-state index in [4.69, 9.17) is 9.97 Å². The number of hydrogen-bond donors (Lipinski definition) is 0. The maximum Gasteiger partial charge on any atom is 0.101 e. The molecule has 4 aromatic carbocycles. The number of aromatic nitrogens is 2. The van der Waals surface area contributed by atoms with Crippen molar-refractivity contribution in [2.75, 3.05) is 18.5 Å². The molecule has 206 valence electrons. The van der Waals surface area contributed by atoms with Crippen molar-refractivity contribution in [3.63, 3.8) is 0 Å². The summed E-state index contributed by atoms with van der Waals surface area (Å²) in [7, 11) is -1.35. The van der Waals surface area contributed by atoms with Crippen LogP contribution in [0.25, 0.3) is 44.7 Å². The molecule has 0 amide bonds. The molecule has 5 rings (SSSR count). The van der Waals surface area contributed by atoms with Gasteiger partial charge in [-0.2, -0.15) is 0 Å². The van der Waals surface area contributed by atoms with Crippen LogP contribution in [-0.2, 0) is 0 Å². The molecule has 1 aromatic heterocycles. The lowest BCUT2D eigenvalue weighted by atomic mass is 9.93. The third-order valence-electron chi connectivity index (χ3n) is 8.22. The second kappa shape index (κ2) is 13.4. The van der Waals surface area contributed by atoms with Crippen molar-refractivity contribution in [3.8, 4) is 33.6 Å². The van der Waals surface area contributed by atoms with E-state index in [2.05, 4.69) is 118 Å². The van der Waals surface area contributed by atoms with Gasteiger partial charge in [-0.15, -0.1) is 0 Å². The molecule has 0 bridgehead atoms. The smallest absolute Gasteiger partial charge is 0.101 e. The molecule has 0 aliphatic carbocycles. The van der Waals surface area contributed by atoms with E-state index >= 15 is 0 Å². The first-order valence-corrected chi connectivity index (χ1v) is 17.6. The van der Waals surface area contributed by atoms with Gasteiger partial charge in [0.15, 0.2) is 0 Å². The minimum atomic E-state index is -1.35. The van der Waals surface area contributed by atoms with Gasteiger partial charge in [-0.05, 0) is 64.4 Å². The van der Waals surface area contributed by atoms with Crippen LogP contribution >= 0.6 is 7.26 Å². The Morgan fingerprint density at radius 1 is 0.575 bits per heavy atom. The number of unbranched alkanes of at least 4 members (excludes halogenated alkanes) is 3. The lowest BCUT2D eigenvalue weighted by Gasteiger charge is -2.30. The number of fused-ring (bicyclic) bond motifs is 1. The highest BCUT2D eigenvalue weighted by Gasteiger charge is 2.39. The molecule has 0 fully saturated rings. The number of hydrogen-bond acceptors (Lipinski definition) is 1. The Labute approximate surface area is 241 Å². The van der Waals surface area contributed by atoms with E-state index in [1.165, 1.54) is 84.8 Å². The molecule has 5 aromatic rings. The molecular formula is C37H43N2P. The Morgan fingerprint density at radius 3 is 1.73 bits per heavy atom. The van der Waals surface area contributed by atoms with Crippen LogP contribution in [0.3, 0.4) is 0 Å². The largest absolute Gasteiger partial charge is 0.435 e. The second-order valence-electron chi connectivity index (χ2n) is 11.0. The van der Waals surface area contributed by atoms with Gasteiger partial charge >= 0.3 is 0 Å². The Bertz CT molecular complexity index is 1480. The lowest BCUT2D eigenvalue weighted by molar-refractivity contribution is 0.841. The molecule has 3 heteroatoms. The van der Waals surface area contributed by atoms with Crippen molar-refractivity contribution in [1.82, 2.24) is 9.97 Å². The van der Waals surface area contributed by atoms with Crippen molar-refractivity contribution in [3.05, 3.63) is 97.1 Å². The predicted molar refractivity (Wildman–Crippen MR) is 177 cm³/mol. The fraction of sp³-hybridized carbons (Fsp3) is 0.324. The molecule has 0 radical (unpaired) electrons. The lowest BCUT2D eigenvalue weighted by Crippen LogP contribution is -2.23. The third-order valence-corrected chi connectivity index (χ3v) is 13.2. The van der Waals surface area contributed by atoms with Gasteiger partial charge in [0.2, 0.25) is 0 Å². The van der Waals surface area contributed by atoms with Crippen LogP contribution in [0.1, 0.15) is 59.3 Å². The van der Waals surface area contributed by atoms with Gasteiger partial charge in [-0.3, -0.25) is 0 Å². The topological polar surface area (TPSA) is 27.0 Å². The molecule has 0 atom stereocenters. The summed E-state index contributed by atoms with van der Waals surface area (Å²) < 4.78 is 0. The first-order chi connectivity index (χ1) is 19.7. The Morgan fingerprint density at radius 2 is 1.12 bits per heavy atom. The summed E-state index contributed by atoms with van der Waals surface area (Å²) in [5, 5.41) is 1.56. The van der Waals surface area contributed by atoms with E-state index in [1.807, 2.05) is 0 Å². The highest BCUT2D eigenvalue weighted by atomic mass is 31.2. The summed E-state index contributed by atoms with van der Waals surface area (Å²) in [5.41, 5.74) is 7.99. The summed E-state index contributed by atoms with van der Waals surface area (Å²) in [6.45, 7) is 7.01. The molecule has 0 saturated heterocycles. The molecule has 0 aliphatic rings. The number of benzene rings is 4. The summed E-state index contributed by atoms with van der Waals surface area (Å²) in [6.07, 6.45) is 11.7. The normalized spacial score (nSPS) is 11.8. The van der Waals surface area contributed by atoms with E-state index in [9.17, 15) is 0 Å². The predicted octanol–water partition coefficient (Wildman–Crippen LogP) is 10.2. The molecule has 1 heterocycles. The zero-order valence-electron chi connectivity index (χ0n) is 24.4. The quantitative estimate of drug-likeness (QED) is 0.137. The van der Waals surface area contributed by atoms with Crippen molar-refractivity contribution in [2.45, 2.75) is 59.3 Å². The fourth-order valence-corrected chi connectivity index (χ4v) is 11.3. The number of rotatable bonds is 13. The van der Waals surface area contributed by atoms with Crippen LogP contribution in [0.15, 0.2) is 97.1 Å². The van der Waals surface area contributed by atoms with E-state index in [0.29, 0.717) is 0 Å². The van der Waals surface area contributed by atoms with E-state index < -0.39 is 7.26 Å². The maximum atomic E-state index is 5.37. The average molecular weight is 547 g/mol. The Hall–Kier alpha value is -3.22. The van der Waals surface area contributed by atoms with Gasteiger partial charge in [0.1, 0.15) is 5.30 Å². The third kappa shape index (κ3) is 5.93. The highest BCUT2D eigenvalue weighted by molar-refractivity contribution is 7.83. The zero-order chi connectivity index (χ0) is 27.8. The van der Waals surface area contributed by atoms with Crippen molar-refractivity contribution >= 4 is 23.6 Å². The molecule has 0 unspecified atom stereocenters. The average Bonchev–Trinajstić information content (AvgIpc) is 3.46. The van der Waals surface area contributed by atoms with Crippen LogP contribution in [0.2, 0.25) is 0 Å².